The Morgan fingerprint density at radius 2 is 1.42 bits per heavy atom. The Balaban J connectivity index is 0.000000489. The quantitative estimate of drug-likeness (QED) is 0.330. The molecule has 2 aliphatic heterocycles. The summed E-state index contributed by atoms with van der Waals surface area (Å²) in [5.74, 6) is 0.195. The monoisotopic (exact) mass is 512 g/mol. The van der Waals surface area contributed by atoms with Crippen LogP contribution in [0.1, 0.15) is 41.2 Å². The first-order valence-electron chi connectivity index (χ1n) is 11.0. The first-order chi connectivity index (χ1) is 17.1. The highest BCUT2D eigenvalue weighted by atomic mass is 35.7. The summed E-state index contributed by atoms with van der Waals surface area (Å²) in [6.07, 6.45) is 4.01. The lowest BCUT2D eigenvalue weighted by Gasteiger charge is -2.25. The van der Waals surface area contributed by atoms with Crippen LogP contribution in [-0.4, -0.2) is 12.3 Å². The van der Waals surface area contributed by atoms with Crippen molar-refractivity contribution in [1.82, 2.24) is 4.68 Å². The minimum Gasteiger partial charge on any atom is -0.480 e. The maximum Gasteiger partial charge on any atom is 0.236 e. The van der Waals surface area contributed by atoms with Gasteiger partial charge in [0, 0.05) is 33.5 Å². The lowest BCUT2D eigenvalue weighted by Crippen LogP contribution is -2.68. The maximum absolute atomic E-state index is 13.5. The molecule has 7 nitrogen and oxygen atoms in total. The van der Waals surface area contributed by atoms with E-state index in [-0.39, 0.29) is 23.7 Å². The van der Waals surface area contributed by atoms with Crippen molar-refractivity contribution in [2.24, 2.45) is 5.10 Å². The minimum absolute atomic E-state index is 0.0365. The van der Waals surface area contributed by atoms with Gasteiger partial charge in [-0.25, -0.2) is 27.4 Å². The molecule has 6 rings (SSSR count). The number of hydrogen-bond donors (Lipinski definition) is 0. The Labute approximate surface area is 206 Å². The molecule has 0 saturated heterocycles. The van der Waals surface area contributed by atoms with E-state index >= 15 is 0 Å². The summed E-state index contributed by atoms with van der Waals surface area (Å²) in [6, 6.07) is 17.1. The molecule has 0 aromatic heterocycles. The molecule has 184 valence electrons. The summed E-state index contributed by atoms with van der Waals surface area (Å²) in [4.78, 5) is 0. The smallest absolute Gasteiger partial charge is 0.236 e. The van der Waals surface area contributed by atoms with Gasteiger partial charge >= 0.3 is 0 Å². The Morgan fingerprint density at radius 1 is 0.833 bits per heavy atom. The van der Waals surface area contributed by atoms with Crippen LogP contribution < -0.4 is 33.9 Å². The summed E-state index contributed by atoms with van der Waals surface area (Å²) in [5, 5.41) is 7.01. The normalized spacial score (nSPS) is 19.2. The van der Waals surface area contributed by atoms with Gasteiger partial charge in [0.1, 0.15) is 29.2 Å². The molecule has 1 aliphatic carbocycles. The van der Waals surface area contributed by atoms with Crippen LogP contribution in [0.2, 0.25) is 0 Å². The number of rotatable bonds is 3. The van der Waals surface area contributed by atoms with Crippen molar-refractivity contribution < 1.29 is 42.4 Å². The van der Waals surface area contributed by atoms with Gasteiger partial charge in [-0.15, -0.1) is 10.2 Å². The average Bonchev–Trinajstić information content (AvgIpc) is 3.22. The van der Waals surface area contributed by atoms with Gasteiger partial charge in [-0.1, -0.05) is 10.8 Å². The molecule has 0 saturated carbocycles. The molecular weight excluding hydrogens is 494 g/mol. The van der Waals surface area contributed by atoms with Crippen molar-refractivity contribution >= 4 is 11.5 Å². The predicted octanol–water partition coefficient (Wildman–Crippen LogP) is -0.981. The number of halogens is 3. The van der Waals surface area contributed by atoms with Gasteiger partial charge in [0.2, 0.25) is 5.36 Å². The summed E-state index contributed by atoms with van der Waals surface area (Å²) in [5.41, 5.74) is 4.97. The molecule has 3 aromatic rings. The topological polar surface area (TPSA) is 117 Å². The standard InChI is InChI=1S/C26H19F2N2O.ClHO4/c1-2-30-21-13-11-20-24-22(31-26(20)16-5-9-18(28)10-6-16)14-12-19(23(21)24)25(29-30)15-3-7-17(27)8-4-15;2-1(3,4)5/h3-14,19,22H,2H2,1H3;(H,2,3,4,5)/q+1;/p-1. The van der Waals surface area contributed by atoms with E-state index < -0.39 is 10.2 Å². The number of nitrogens with zero attached hydrogens (tertiary/aromatic N) is 2. The molecule has 10 heteroatoms. The van der Waals surface area contributed by atoms with E-state index in [1.165, 1.54) is 29.8 Å². The highest BCUT2D eigenvalue weighted by molar-refractivity contribution is 6.07. The predicted molar refractivity (Wildman–Crippen MR) is 115 cm³/mol. The fraction of sp³-hybridized carbons (Fsp3) is 0.154. The molecule has 0 fully saturated rings. The highest BCUT2D eigenvalue weighted by Crippen LogP contribution is 2.39. The van der Waals surface area contributed by atoms with Crippen LogP contribution in [0.5, 0.6) is 0 Å². The fourth-order valence-electron chi connectivity index (χ4n) is 4.77. The number of ether oxygens (including phenoxy) is 1. The van der Waals surface area contributed by atoms with Gasteiger partial charge < -0.3 is 4.74 Å². The van der Waals surface area contributed by atoms with Crippen molar-refractivity contribution in [3.8, 4) is 0 Å². The molecule has 0 spiro atoms. The second-order valence-electron chi connectivity index (χ2n) is 8.28. The van der Waals surface area contributed by atoms with Crippen LogP contribution in [0.4, 0.5) is 8.78 Å². The highest BCUT2D eigenvalue weighted by Gasteiger charge is 2.39. The number of benzene rings is 3. The van der Waals surface area contributed by atoms with Crippen LogP contribution in [0, 0.1) is 21.9 Å². The Bertz CT molecular complexity index is 1510. The zero-order valence-corrected chi connectivity index (χ0v) is 19.6. The number of hydrazone groups is 1. The van der Waals surface area contributed by atoms with Crippen molar-refractivity contribution in [1.29, 1.82) is 0 Å². The van der Waals surface area contributed by atoms with E-state index in [2.05, 4.69) is 31.2 Å². The van der Waals surface area contributed by atoms with E-state index in [0.717, 1.165) is 38.7 Å². The molecule has 0 bridgehead atoms. The van der Waals surface area contributed by atoms with Crippen LogP contribution >= 0.6 is 0 Å². The number of hydrogen-bond acceptors (Lipinski definition) is 6. The van der Waals surface area contributed by atoms with Crippen molar-refractivity contribution in [3.63, 3.8) is 0 Å². The molecule has 2 unspecified atom stereocenters. The van der Waals surface area contributed by atoms with Crippen LogP contribution in [0.15, 0.2) is 77.9 Å². The Kier molecular flexibility index (Phi) is 6.19. The first-order valence-corrected chi connectivity index (χ1v) is 12.3. The summed E-state index contributed by atoms with van der Waals surface area (Å²) in [7, 11) is -4.94. The van der Waals surface area contributed by atoms with Gasteiger partial charge in [-0.2, -0.15) is 0 Å². The zero-order valence-electron chi connectivity index (χ0n) is 18.9. The first kappa shape index (κ1) is 24.2. The molecule has 3 aromatic carbocycles. The van der Waals surface area contributed by atoms with Crippen LogP contribution in [0.3, 0.4) is 0 Å². The summed E-state index contributed by atoms with van der Waals surface area (Å²) < 4.78 is 69.3. The second kappa shape index (κ2) is 9.20. The molecule has 2 heterocycles. The third-order valence-corrected chi connectivity index (χ3v) is 6.17. The number of allylic oxidation sites excluding steroid dienone is 1. The summed E-state index contributed by atoms with van der Waals surface area (Å²) in [6.45, 7) is 2.78. The lowest BCUT2D eigenvalue weighted by atomic mass is 9.80. The lowest BCUT2D eigenvalue weighted by molar-refractivity contribution is -2.00. The van der Waals surface area contributed by atoms with Gasteiger partial charge in [0.15, 0.2) is 6.54 Å². The summed E-state index contributed by atoms with van der Waals surface area (Å²) >= 11 is 0. The van der Waals surface area contributed by atoms with E-state index in [1.807, 2.05) is 4.68 Å². The molecule has 36 heavy (non-hydrogen) atoms. The van der Waals surface area contributed by atoms with Gasteiger partial charge in [-0.3, -0.25) is 0 Å². The zero-order chi connectivity index (χ0) is 25.6. The molecule has 0 amide bonds. The van der Waals surface area contributed by atoms with Gasteiger partial charge in [0.25, 0.3) is 0 Å². The van der Waals surface area contributed by atoms with Crippen LogP contribution in [0.25, 0.3) is 5.76 Å². The molecule has 0 N–H and O–H groups in total. The van der Waals surface area contributed by atoms with E-state index in [9.17, 15) is 8.78 Å². The molecule has 2 atom stereocenters. The SMILES string of the molecule is CC[N+]1=c2ccc3c4c2C(C=CC4OC=3c2ccc(F)cc2)C(c2ccc(F)cc2)=N1.[O-][Cl+3]([O-])([O-])[O-]. The maximum atomic E-state index is 13.5. The minimum atomic E-state index is -4.94. The Morgan fingerprint density at radius 3 is 2.00 bits per heavy atom. The molecule has 0 radical (unpaired) electrons. The Hall–Kier alpha value is -3.47. The molecular formula is C26H19ClF2N2O5. The van der Waals surface area contributed by atoms with Gasteiger partial charge in [-0.05, 0) is 72.7 Å². The third-order valence-electron chi connectivity index (χ3n) is 6.17. The van der Waals surface area contributed by atoms with Crippen molar-refractivity contribution in [2.45, 2.75) is 18.9 Å². The van der Waals surface area contributed by atoms with E-state index in [4.69, 9.17) is 28.5 Å². The third kappa shape index (κ3) is 4.55. The second-order valence-corrected chi connectivity index (χ2v) is 9.04. The van der Waals surface area contributed by atoms with Crippen LogP contribution in [-0.2, 0) is 4.74 Å². The van der Waals surface area contributed by atoms with E-state index in [0.29, 0.717) is 6.54 Å². The molecule has 3 aliphatic rings. The average molecular weight is 513 g/mol. The van der Waals surface area contributed by atoms with Gasteiger partial charge in [0.05, 0.1) is 5.92 Å². The van der Waals surface area contributed by atoms with Crippen molar-refractivity contribution in [2.75, 3.05) is 6.54 Å². The van der Waals surface area contributed by atoms with Crippen molar-refractivity contribution in [3.05, 3.63) is 117 Å². The fourth-order valence-corrected chi connectivity index (χ4v) is 4.77. The largest absolute Gasteiger partial charge is 0.480 e. The van der Waals surface area contributed by atoms with E-state index in [1.54, 1.807) is 24.3 Å².